The van der Waals surface area contributed by atoms with Crippen LogP contribution in [0.3, 0.4) is 0 Å². The topological polar surface area (TPSA) is 30.2 Å². The minimum atomic E-state index is 0.989. The molecule has 3 heteroatoms. The smallest absolute Gasteiger partial charge is 0.0871 e. The molecule has 0 radical (unpaired) electrons. The fraction of sp³-hybridized carbons (Fsp3) is 0. The lowest BCUT2D eigenvalue weighted by Gasteiger charge is -2.07. The fourth-order valence-electron chi connectivity index (χ4n) is 5.03. The van der Waals surface area contributed by atoms with Crippen LogP contribution >= 0.6 is 0 Å². The Morgan fingerprint density at radius 2 is 1.09 bits per heavy atom. The van der Waals surface area contributed by atoms with E-state index in [1.54, 1.807) is 0 Å². The molecule has 0 amide bonds. The van der Waals surface area contributed by atoms with Gasteiger partial charge in [-0.25, -0.2) is 0 Å². The Hall–Kier alpha value is -4.76. The third-order valence-electron chi connectivity index (χ3n) is 6.71. The van der Waals surface area contributed by atoms with Crippen molar-refractivity contribution >= 4 is 27.5 Å². The summed E-state index contributed by atoms with van der Waals surface area (Å²) in [5.74, 6) is 0. The Kier molecular flexibility index (Phi) is 4.46. The highest BCUT2D eigenvalue weighted by Crippen LogP contribution is 2.37. The minimum Gasteiger partial charge on any atom is -0.306 e. The van der Waals surface area contributed by atoms with Crippen molar-refractivity contribution in [3.8, 4) is 33.5 Å². The quantitative estimate of drug-likeness (QED) is 0.274. The summed E-state index contributed by atoms with van der Waals surface area (Å²) < 4.78 is 2.33. The molecule has 3 nitrogen and oxygen atoms in total. The SMILES string of the molecule is c1ccc(-c2ccc(-c3ccc(-c4c5ccccc5n5c4cnc4ccccc45)cc3)cc2)nc1. The molecular formula is C32H21N3. The van der Waals surface area contributed by atoms with Crippen molar-refractivity contribution in [2.24, 2.45) is 0 Å². The molecule has 0 bridgehead atoms. The Morgan fingerprint density at radius 1 is 0.457 bits per heavy atom. The van der Waals surface area contributed by atoms with E-state index in [-0.39, 0.29) is 0 Å². The van der Waals surface area contributed by atoms with E-state index in [0.717, 1.165) is 27.8 Å². The number of pyridine rings is 1. The first-order valence-electron chi connectivity index (χ1n) is 11.8. The molecule has 0 fully saturated rings. The molecule has 0 saturated heterocycles. The van der Waals surface area contributed by atoms with Gasteiger partial charge in [0.15, 0.2) is 0 Å². The molecule has 3 heterocycles. The molecule has 0 aliphatic carbocycles. The highest BCUT2D eigenvalue weighted by atomic mass is 14.9. The molecule has 0 aliphatic heterocycles. The second-order valence-electron chi connectivity index (χ2n) is 8.73. The van der Waals surface area contributed by atoms with Gasteiger partial charge in [-0.05, 0) is 47.0 Å². The van der Waals surface area contributed by atoms with Crippen LogP contribution in [-0.2, 0) is 0 Å². The van der Waals surface area contributed by atoms with E-state index in [9.17, 15) is 0 Å². The molecule has 0 unspecified atom stereocenters. The van der Waals surface area contributed by atoms with E-state index in [2.05, 4.69) is 100 Å². The van der Waals surface area contributed by atoms with E-state index in [1.165, 1.54) is 33.2 Å². The van der Waals surface area contributed by atoms with Gasteiger partial charge in [0.1, 0.15) is 0 Å². The predicted molar refractivity (Wildman–Crippen MR) is 144 cm³/mol. The summed E-state index contributed by atoms with van der Waals surface area (Å²) in [5, 5.41) is 1.23. The van der Waals surface area contributed by atoms with E-state index >= 15 is 0 Å². The number of hydrogen-bond acceptors (Lipinski definition) is 2. The van der Waals surface area contributed by atoms with Crippen LogP contribution in [0.2, 0.25) is 0 Å². The van der Waals surface area contributed by atoms with Gasteiger partial charge in [-0.3, -0.25) is 9.97 Å². The van der Waals surface area contributed by atoms with E-state index in [0.29, 0.717) is 0 Å². The van der Waals surface area contributed by atoms with Crippen LogP contribution in [0.1, 0.15) is 0 Å². The number of hydrogen-bond donors (Lipinski definition) is 0. The molecule has 3 aromatic heterocycles. The molecular weight excluding hydrogens is 426 g/mol. The van der Waals surface area contributed by atoms with Crippen LogP contribution in [0, 0.1) is 0 Å². The first-order valence-corrected chi connectivity index (χ1v) is 11.8. The van der Waals surface area contributed by atoms with Crippen molar-refractivity contribution < 1.29 is 0 Å². The molecule has 4 aromatic carbocycles. The maximum absolute atomic E-state index is 4.76. The van der Waals surface area contributed by atoms with Gasteiger partial charge >= 0.3 is 0 Å². The lowest BCUT2D eigenvalue weighted by molar-refractivity contribution is 1.27. The molecule has 0 saturated carbocycles. The summed E-state index contributed by atoms with van der Waals surface area (Å²) in [6, 6.07) is 40.4. The second kappa shape index (κ2) is 7.93. The summed E-state index contributed by atoms with van der Waals surface area (Å²) >= 11 is 0. The Labute approximate surface area is 203 Å². The van der Waals surface area contributed by atoms with Crippen molar-refractivity contribution in [3.05, 3.63) is 128 Å². The van der Waals surface area contributed by atoms with Crippen molar-refractivity contribution in [1.29, 1.82) is 0 Å². The van der Waals surface area contributed by atoms with Gasteiger partial charge in [0.05, 0.1) is 34.0 Å². The van der Waals surface area contributed by atoms with Crippen LogP contribution in [0.25, 0.3) is 61.0 Å². The molecule has 0 spiro atoms. The van der Waals surface area contributed by atoms with Gasteiger partial charge < -0.3 is 4.40 Å². The Balaban J connectivity index is 1.33. The molecule has 7 rings (SSSR count). The third-order valence-corrected chi connectivity index (χ3v) is 6.71. The monoisotopic (exact) mass is 447 g/mol. The van der Waals surface area contributed by atoms with E-state index in [4.69, 9.17) is 4.98 Å². The molecule has 35 heavy (non-hydrogen) atoms. The zero-order chi connectivity index (χ0) is 23.2. The number of fused-ring (bicyclic) bond motifs is 5. The first-order chi connectivity index (χ1) is 17.4. The summed E-state index contributed by atoms with van der Waals surface area (Å²) in [4.78, 5) is 9.22. The van der Waals surface area contributed by atoms with E-state index < -0.39 is 0 Å². The number of para-hydroxylation sites is 3. The summed E-state index contributed by atoms with van der Waals surface area (Å²) in [7, 11) is 0. The highest BCUT2D eigenvalue weighted by molar-refractivity contribution is 6.07. The van der Waals surface area contributed by atoms with Crippen molar-refractivity contribution in [1.82, 2.24) is 14.4 Å². The van der Waals surface area contributed by atoms with Crippen molar-refractivity contribution in [2.75, 3.05) is 0 Å². The average Bonchev–Trinajstić information content (AvgIpc) is 3.29. The fourth-order valence-corrected chi connectivity index (χ4v) is 5.03. The van der Waals surface area contributed by atoms with Gasteiger partial charge in [0, 0.05) is 22.7 Å². The number of benzene rings is 4. The van der Waals surface area contributed by atoms with Gasteiger partial charge in [-0.1, -0.05) is 84.9 Å². The predicted octanol–water partition coefficient (Wildman–Crippen LogP) is 8.04. The van der Waals surface area contributed by atoms with Crippen molar-refractivity contribution in [2.45, 2.75) is 0 Å². The van der Waals surface area contributed by atoms with Crippen LogP contribution in [0.5, 0.6) is 0 Å². The molecule has 0 atom stereocenters. The third kappa shape index (κ3) is 3.21. The molecule has 164 valence electrons. The molecule has 0 N–H and O–H groups in total. The van der Waals surface area contributed by atoms with Gasteiger partial charge in [0.25, 0.3) is 0 Å². The summed E-state index contributed by atoms with van der Waals surface area (Å²) in [6.07, 6.45) is 3.83. The maximum Gasteiger partial charge on any atom is 0.0871 e. The zero-order valence-electron chi connectivity index (χ0n) is 19.0. The lowest BCUT2D eigenvalue weighted by atomic mass is 9.98. The number of rotatable bonds is 3. The molecule has 7 aromatic rings. The molecule has 0 aliphatic rings. The largest absolute Gasteiger partial charge is 0.306 e. The minimum absolute atomic E-state index is 0.989. The maximum atomic E-state index is 4.76. The number of aromatic nitrogens is 3. The van der Waals surface area contributed by atoms with Crippen LogP contribution in [0.15, 0.2) is 128 Å². The van der Waals surface area contributed by atoms with Crippen LogP contribution in [-0.4, -0.2) is 14.4 Å². The zero-order valence-corrected chi connectivity index (χ0v) is 19.0. The van der Waals surface area contributed by atoms with E-state index in [1.807, 2.05) is 36.7 Å². The van der Waals surface area contributed by atoms with Crippen molar-refractivity contribution in [3.63, 3.8) is 0 Å². The average molecular weight is 448 g/mol. The van der Waals surface area contributed by atoms with Gasteiger partial charge in [-0.2, -0.15) is 0 Å². The normalized spacial score (nSPS) is 11.4. The summed E-state index contributed by atoms with van der Waals surface area (Å²) in [5.41, 5.74) is 11.3. The Morgan fingerprint density at radius 3 is 1.83 bits per heavy atom. The highest BCUT2D eigenvalue weighted by Gasteiger charge is 2.15. The lowest BCUT2D eigenvalue weighted by Crippen LogP contribution is -1.90. The van der Waals surface area contributed by atoms with Gasteiger partial charge in [0.2, 0.25) is 0 Å². The summed E-state index contributed by atoms with van der Waals surface area (Å²) in [6.45, 7) is 0. The first kappa shape index (κ1) is 19.7. The van der Waals surface area contributed by atoms with Gasteiger partial charge in [-0.15, -0.1) is 0 Å². The van der Waals surface area contributed by atoms with Crippen LogP contribution in [0.4, 0.5) is 0 Å². The standard InChI is InChI=1S/C32H21N3/c1-3-10-29-26(7-1)32(31-21-34-28-9-2-4-11-30(28)35(29)31)25-18-14-23(15-19-25)22-12-16-24(17-13-22)27-8-5-6-20-33-27/h1-21H. The number of nitrogens with zero attached hydrogens (tertiary/aromatic N) is 3. The van der Waals surface area contributed by atoms with Crippen LogP contribution < -0.4 is 0 Å². The second-order valence-corrected chi connectivity index (χ2v) is 8.73. The Bertz CT molecular complexity index is 1810.